The Morgan fingerprint density at radius 2 is 1.73 bits per heavy atom. The van der Waals surface area contributed by atoms with Gasteiger partial charge in [0.2, 0.25) is 0 Å². The summed E-state index contributed by atoms with van der Waals surface area (Å²) in [6.45, 7) is 4.08. The van der Waals surface area contributed by atoms with Crippen molar-refractivity contribution in [1.29, 1.82) is 0 Å². The molecule has 1 atom stereocenters. The molecule has 1 unspecified atom stereocenters. The Balaban J connectivity index is 1.79. The molecule has 0 aliphatic carbocycles. The van der Waals surface area contributed by atoms with E-state index < -0.39 is 29.5 Å². The summed E-state index contributed by atoms with van der Waals surface area (Å²) in [7, 11) is 0. The summed E-state index contributed by atoms with van der Waals surface area (Å²) >= 11 is 0. The van der Waals surface area contributed by atoms with Crippen molar-refractivity contribution in [2.75, 3.05) is 6.61 Å². The van der Waals surface area contributed by atoms with E-state index in [1.165, 1.54) is 17.0 Å². The van der Waals surface area contributed by atoms with Gasteiger partial charge in [0.1, 0.15) is 11.5 Å². The first-order valence-corrected chi connectivity index (χ1v) is 11.8. The summed E-state index contributed by atoms with van der Waals surface area (Å²) in [5, 5.41) is 11.3. The molecule has 1 N–H and O–H groups in total. The molecule has 1 amide bonds. The topological polar surface area (TPSA) is 66.8 Å². The number of ketones is 1. The molecule has 1 heterocycles. The van der Waals surface area contributed by atoms with Crippen LogP contribution in [0.2, 0.25) is 0 Å². The molecule has 1 fully saturated rings. The number of aliphatic hydroxyl groups excluding tert-OH is 1. The molecular formula is C29H26F3NO4. The van der Waals surface area contributed by atoms with Crippen molar-refractivity contribution in [3.63, 3.8) is 0 Å². The summed E-state index contributed by atoms with van der Waals surface area (Å²) in [5.74, 6) is -1.51. The fourth-order valence-corrected chi connectivity index (χ4v) is 4.39. The lowest BCUT2D eigenvalue weighted by atomic mass is 9.94. The third-order valence-corrected chi connectivity index (χ3v) is 6.17. The van der Waals surface area contributed by atoms with Crippen LogP contribution in [0, 0.1) is 6.92 Å². The van der Waals surface area contributed by atoms with Crippen LogP contribution < -0.4 is 4.74 Å². The van der Waals surface area contributed by atoms with Gasteiger partial charge in [0.05, 0.1) is 23.8 Å². The van der Waals surface area contributed by atoms with Crippen LogP contribution in [0.5, 0.6) is 5.75 Å². The Labute approximate surface area is 212 Å². The predicted octanol–water partition coefficient (Wildman–Crippen LogP) is 6.42. The molecule has 37 heavy (non-hydrogen) atoms. The SMILES string of the molecule is CCCOc1ccc(/C(O)=C2\C(=O)C(=O)N(Cc3cccc(C(F)(F)F)c3)C2c2ccccc2)cc1C. The Bertz CT molecular complexity index is 1350. The van der Waals surface area contributed by atoms with E-state index in [9.17, 15) is 27.9 Å². The number of hydrogen-bond donors (Lipinski definition) is 1. The molecule has 1 saturated heterocycles. The molecule has 0 radical (unpaired) electrons. The first-order valence-electron chi connectivity index (χ1n) is 11.8. The molecule has 5 nitrogen and oxygen atoms in total. The second kappa shape index (κ2) is 10.5. The van der Waals surface area contributed by atoms with Crippen LogP contribution in [-0.2, 0) is 22.3 Å². The Hall–Kier alpha value is -4.07. The van der Waals surface area contributed by atoms with Gasteiger partial charge in [0.25, 0.3) is 11.7 Å². The number of aliphatic hydroxyl groups is 1. The van der Waals surface area contributed by atoms with Gasteiger partial charge in [0.15, 0.2) is 0 Å². The highest BCUT2D eigenvalue weighted by Crippen LogP contribution is 2.41. The minimum Gasteiger partial charge on any atom is -0.507 e. The normalized spacial score (nSPS) is 17.3. The van der Waals surface area contributed by atoms with Crippen LogP contribution in [0.4, 0.5) is 13.2 Å². The number of carbonyl (C=O) groups excluding carboxylic acids is 2. The molecular weight excluding hydrogens is 483 g/mol. The number of benzene rings is 3. The van der Waals surface area contributed by atoms with Crippen LogP contribution in [0.25, 0.3) is 5.76 Å². The van der Waals surface area contributed by atoms with Crippen molar-refractivity contribution in [2.45, 2.75) is 39.0 Å². The van der Waals surface area contributed by atoms with E-state index in [1.54, 1.807) is 48.5 Å². The first-order chi connectivity index (χ1) is 17.6. The largest absolute Gasteiger partial charge is 0.507 e. The van der Waals surface area contributed by atoms with E-state index in [4.69, 9.17) is 4.74 Å². The smallest absolute Gasteiger partial charge is 0.416 e. The van der Waals surface area contributed by atoms with Crippen molar-refractivity contribution < 1.29 is 32.6 Å². The van der Waals surface area contributed by atoms with Gasteiger partial charge >= 0.3 is 6.18 Å². The Morgan fingerprint density at radius 3 is 2.38 bits per heavy atom. The van der Waals surface area contributed by atoms with Crippen molar-refractivity contribution in [1.82, 2.24) is 4.90 Å². The number of amides is 1. The number of nitrogens with zero attached hydrogens (tertiary/aromatic N) is 1. The van der Waals surface area contributed by atoms with E-state index in [0.717, 1.165) is 24.1 Å². The van der Waals surface area contributed by atoms with Crippen molar-refractivity contribution in [3.05, 3.63) is 106 Å². The van der Waals surface area contributed by atoms with Gasteiger partial charge in [-0.1, -0.05) is 49.4 Å². The van der Waals surface area contributed by atoms with Crippen LogP contribution in [-0.4, -0.2) is 28.3 Å². The molecule has 0 spiro atoms. The number of likely N-dealkylation sites (tertiary alicyclic amines) is 1. The third kappa shape index (κ3) is 5.38. The Morgan fingerprint density at radius 1 is 1.00 bits per heavy atom. The average molecular weight is 510 g/mol. The maximum absolute atomic E-state index is 13.3. The van der Waals surface area contributed by atoms with Crippen molar-refractivity contribution >= 4 is 17.4 Å². The number of rotatable bonds is 7. The predicted molar refractivity (Wildman–Crippen MR) is 133 cm³/mol. The molecule has 1 aliphatic rings. The van der Waals surface area contributed by atoms with Crippen LogP contribution in [0.1, 0.15) is 47.2 Å². The van der Waals surface area contributed by atoms with Gasteiger partial charge in [0, 0.05) is 12.1 Å². The zero-order chi connectivity index (χ0) is 26.7. The fourth-order valence-electron chi connectivity index (χ4n) is 4.39. The number of hydrogen-bond acceptors (Lipinski definition) is 4. The van der Waals surface area contributed by atoms with Gasteiger partial charge in [-0.05, 0) is 60.4 Å². The molecule has 8 heteroatoms. The molecule has 3 aromatic carbocycles. The van der Waals surface area contributed by atoms with Crippen LogP contribution in [0.15, 0.2) is 78.4 Å². The number of alkyl halides is 3. The van der Waals surface area contributed by atoms with Crippen molar-refractivity contribution in [3.8, 4) is 5.75 Å². The molecule has 1 aliphatic heterocycles. The third-order valence-electron chi connectivity index (χ3n) is 6.17. The monoisotopic (exact) mass is 509 g/mol. The summed E-state index contributed by atoms with van der Waals surface area (Å²) in [6.07, 6.45) is -3.72. The summed E-state index contributed by atoms with van der Waals surface area (Å²) in [4.78, 5) is 27.6. The second-order valence-corrected chi connectivity index (χ2v) is 8.86. The molecule has 0 bridgehead atoms. The number of aryl methyl sites for hydroxylation is 1. The van der Waals surface area contributed by atoms with Gasteiger partial charge in [-0.25, -0.2) is 0 Å². The average Bonchev–Trinajstić information content (AvgIpc) is 3.12. The number of halogens is 3. The zero-order valence-electron chi connectivity index (χ0n) is 20.4. The van der Waals surface area contributed by atoms with Gasteiger partial charge in [-0.15, -0.1) is 0 Å². The molecule has 0 aromatic heterocycles. The van der Waals surface area contributed by atoms with Gasteiger partial charge in [-0.3, -0.25) is 9.59 Å². The van der Waals surface area contributed by atoms with Crippen LogP contribution in [0.3, 0.4) is 0 Å². The van der Waals surface area contributed by atoms with Crippen molar-refractivity contribution in [2.24, 2.45) is 0 Å². The number of Topliss-reactive ketones (excluding diaryl/α,β-unsaturated/α-hetero) is 1. The lowest BCUT2D eigenvalue weighted by Gasteiger charge is -2.25. The quantitative estimate of drug-likeness (QED) is 0.227. The van der Waals surface area contributed by atoms with E-state index in [0.29, 0.717) is 23.5 Å². The number of ether oxygens (including phenoxy) is 1. The molecule has 192 valence electrons. The minimum atomic E-state index is -4.55. The molecule has 3 aromatic rings. The van der Waals surface area contributed by atoms with E-state index in [-0.39, 0.29) is 23.4 Å². The molecule has 0 saturated carbocycles. The second-order valence-electron chi connectivity index (χ2n) is 8.86. The Kier molecular flexibility index (Phi) is 7.38. The zero-order valence-corrected chi connectivity index (χ0v) is 20.4. The first kappa shape index (κ1) is 26.0. The summed E-state index contributed by atoms with van der Waals surface area (Å²) < 4.78 is 45.5. The molecule has 4 rings (SSSR count). The van der Waals surface area contributed by atoms with E-state index >= 15 is 0 Å². The summed E-state index contributed by atoms with van der Waals surface area (Å²) in [5.41, 5.74) is 0.871. The highest BCUT2D eigenvalue weighted by molar-refractivity contribution is 6.46. The maximum Gasteiger partial charge on any atom is 0.416 e. The van der Waals surface area contributed by atoms with Gasteiger partial charge < -0.3 is 14.7 Å². The van der Waals surface area contributed by atoms with Gasteiger partial charge in [-0.2, -0.15) is 13.2 Å². The standard InChI is InChI=1S/C29H26F3NO4/c1-3-14-37-23-13-12-21(15-18(23)2)26(34)24-25(20-9-5-4-6-10-20)33(28(36)27(24)35)17-19-8-7-11-22(16-19)29(30,31)32/h4-13,15-16,25,34H,3,14,17H2,1-2H3/b26-24+. The highest BCUT2D eigenvalue weighted by Gasteiger charge is 2.46. The highest BCUT2D eigenvalue weighted by atomic mass is 19.4. The summed E-state index contributed by atoms with van der Waals surface area (Å²) in [6, 6.07) is 17.2. The van der Waals surface area contributed by atoms with E-state index in [1.807, 2.05) is 13.8 Å². The lowest BCUT2D eigenvalue weighted by molar-refractivity contribution is -0.140. The fraction of sp³-hybridized carbons (Fsp3) is 0.241. The number of carbonyl (C=O) groups is 2. The lowest BCUT2D eigenvalue weighted by Crippen LogP contribution is -2.29. The van der Waals surface area contributed by atoms with Crippen LogP contribution >= 0.6 is 0 Å². The maximum atomic E-state index is 13.3. The minimum absolute atomic E-state index is 0.121. The van der Waals surface area contributed by atoms with E-state index in [2.05, 4.69) is 0 Å².